The molecule has 0 bridgehead atoms. The maximum atomic E-state index is 4.30. The van der Waals surface area contributed by atoms with E-state index in [4.69, 9.17) is 0 Å². The van der Waals surface area contributed by atoms with Crippen LogP contribution in [-0.2, 0) is 0 Å². The molecule has 2 saturated carbocycles. The average Bonchev–Trinajstić information content (AvgIpc) is 2.63. The Bertz CT molecular complexity index is 622. The highest BCUT2D eigenvalue weighted by atomic mass is 14.6. The molecule has 6 unspecified atom stereocenters. The third kappa shape index (κ3) is 4.08. The van der Waals surface area contributed by atoms with Crippen molar-refractivity contribution >= 4 is 0 Å². The molecule has 158 valence electrons. The topological polar surface area (TPSA) is 0 Å². The Kier molecular flexibility index (Phi) is 6.68. The van der Waals surface area contributed by atoms with Gasteiger partial charge in [-0.2, -0.15) is 0 Å². The first kappa shape index (κ1) is 21.9. The van der Waals surface area contributed by atoms with Gasteiger partial charge in [-0.15, -0.1) is 6.58 Å². The van der Waals surface area contributed by atoms with E-state index < -0.39 is 0 Å². The van der Waals surface area contributed by atoms with Crippen molar-refractivity contribution < 1.29 is 0 Å². The highest BCUT2D eigenvalue weighted by Gasteiger charge is 2.56. The summed E-state index contributed by atoms with van der Waals surface area (Å²) in [5.74, 6) is 3.60. The first-order chi connectivity index (χ1) is 13.2. The number of allylic oxidation sites excluding steroid dienone is 4. The summed E-state index contributed by atoms with van der Waals surface area (Å²) >= 11 is 0. The molecule has 0 spiro atoms. The summed E-state index contributed by atoms with van der Waals surface area (Å²) in [6, 6.07) is 0. The molecular formula is C28H46. The fraction of sp³-hybridized carbons (Fsp3) is 0.786. The Hall–Kier alpha value is -0.780. The molecule has 0 amide bonds. The monoisotopic (exact) mass is 382 g/mol. The zero-order valence-electron chi connectivity index (χ0n) is 19.6. The second-order valence-electron chi connectivity index (χ2n) is 11.3. The van der Waals surface area contributed by atoms with E-state index in [0.717, 1.165) is 23.7 Å². The van der Waals surface area contributed by atoms with E-state index in [0.29, 0.717) is 10.8 Å². The van der Waals surface area contributed by atoms with Gasteiger partial charge in [0, 0.05) is 0 Å². The predicted octanol–water partition coefficient (Wildman–Crippen LogP) is 8.89. The van der Waals surface area contributed by atoms with Crippen LogP contribution in [0.5, 0.6) is 0 Å². The molecule has 0 aliphatic heterocycles. The van der Waals surface area contributed by atoms with Crippen LogP contribution in [0.1, 0.15) is 105 Å². The quantitative estimate of drug-likeness (QED) is 0.304. The van der Waals surface area contributed by atoms with Crippen molar-refractivity contribution in [1.29, 1.82) is 0 Å². The Labute approximate surface area is 176 Å². The van der Waals surface area contributed by atoms with Gasteiger partial charge in [0.05, 0.1) is 0 Å². The van der Waals surface area contributed by atoms with E-state index in [1.807, 2.05) is 0 Å². The van der Waals surface area contributed by atoms with E-state index in [9.17, 15) is 0 Å². The van der Waals surface area contributed by atoms with Gasteiger partial charge in [-0.3, -0.25) is 0 Å². The summed E-state index contributed by atoms with van der Waals surface area (Å²) in [5, 5.41) is 0. The van der Waals surface area contributed by atoms with Gasteiger partial charge in [0.15, 0.2) is 0 Å². The lowest BCUT2D eigenvalue weighted by Crippen LogP contribution is -2.53. The SMILES string of the molecule is C=C(C)CCCCCC1C2CCC3=CC(=C)CCC3(C)C2C(C)CC1(C)CC. The predicted molar refractivity (Wildman–Crippen MR) is 124 cm³/mol. The third-order valence-electron chi connectivity index (χ3n) is 9.26. The first-order valence-electron chi connectivity index (χ1n) is 12.2. The summed E-state index contributed by atoms with van der Waals surface area (Å²) in [6.07, 6.45) is 17.4. The number of rotatable bonds is 7. The minimum Gasteiger partial charge on any atom is -0.100 e. The lowest BCUT2D eigenvalue weighted by atomic mass is 9.43. The van der Waals surface area contributed by atoms with Gasteiger partial charge in [0.2, 0.25) is 0 Å². The molecule has 0 heterocycles. The number of hydrogen-bond acceptors (Lipinski definition) is 0. The van der Waals surface area contributed by atoms with Gasteiger partial charge < -0.3 is 0 Å². The smallest absolute Gasteiger partial charge is 0.00765 e. The van der Waals surface area contributed by atoms with E-state index in [1.54, 1.807) is 5.57 Å². The minimum atomic E-state index is 0.441. The van der Waals surface area contributed by atoms with Crippen molar-refractivity contribution in [2.75, 3.05) is 0 Å². The summed E-state index contributed by atoms with van der Waals surface area (Å²) in [5.41, 5.74) is 5.46. The van der Waals surface area contributed by atoms with Crippen LogP contribution >= 0.6 is 0 Å². The maximum absolute atomic E-state index is 4.30. The zero-order valence-corrected chi connectivity index (χ0v) is 19.6. The van der Waals surface area contributed by atoms with Crippen molar-refractivity contribution in [2.24, 2.45) is 34.5 Å². The largest absolute Gasteiger partial charge is 0.100 e. The molecule has 3 rings (SSSR count). The van der Waals surface area contributed by atoms with Crippen molar-refractivity contribution in [3.05, 3.63) is 36.0 Å². The van der Waals surface area contributed by atoms with E-state index in [1.165, 1.54) is 81.8 Å². The summed E-state index contributed by atoms with van der Waals surface area (Å²) in [4.78, 5) is 0. The molecule has 0 heteroatoms. The summed E-state index contributed by atoms with van der Waals surface area (Å²) in [7, 11) is 0. The molecule has 0 aromatic carbocycles. The molecule has 6 atom stereocenters. The van der Waals surface area contributed by atoms with Crippen LogP contribution in [0, 0.1) is 34.5 Å². The van der Waals surface area contributed by atoms with Crippen molar-refractivity contribution in [3.63, 3.8) is 0 Å². The van der Waals surface area contributed by atoms with Gasteiger partial charge in [0.25, 0.3) is 0 Å². The molecule has 0 N–H and O–H groups in total. The maximum Gasteiger partial charge on any atom is -0.00765 e. The van der Waals surface area contributed by atoms with E-state index >= 15 is 0 Å². The minimum absolute atomic E-state index is 0.441. The van der Waals surface area contributed by atoms with Gasteiger partial charge >= 0.3 is 0 Å². The fourth-order valence-electron chi connectivity index (χ4n) is 7.75. The highest BCUT2D eigenvalue weighted by Crippen LogP contribution is 2.65. The molecule has 3 aliphatic carbocycles. The van der Waals surface area contributed by atoms with Crippen LogP contribution in [0.3, 0.4) is 0 Å². The molecule has 3 aliphatic rings. The molecule has 0 aromatic heterocycles. The van der Waals surface area contributed by atoms with Crippen molar-refractivity contribution in [1.82, 2.24) is 0 Å². The molecule has 28 heavy (non-hydrogen) atoms. The molecular weight excluding hydrogens is 336 g/mol. The fourth-order valence-corrected chi connectivity index (χ4v) is 7.75. The third-order valence-corrected chi connectivity index (χ3v) is 9.26. The van der Waals surface area contributed by atoms with Crippen LogP contribution in [0.25, 0.3) is 0 Å². The molecule has 0 aromatic rings. The Morgan fingerprint density at radius 3 is 2.61 bits per heavy atom. The van der Waals surface area contributed by atoms with Gasteiger partial charge in [-0.1, -0.05) is 76.3 Å². The van der Waals surface area contributed by atoms with Crippen LogP contribution in [0.15, 0.2) is 36.0 Å². The van der Waals surface area contributed by atoms with Gasteiger partial charge in [0.1, 0.15) is 0 Å². The Balaban J connectivity index is 1.79. The zero-order chi connectivity index (χ0) is 20.5. The lowest BCUT2D eigenvalue weighted by molar-refractivity contribution is -0.0897. The van der Waals surface area contributed by atoms with Crippen molar-refractivity contribution in [3.8, 4) is 0 Å². The van der Waals surface area contributed by atoms with Crippen LogP contribution in [0.4, 0.5) is 0 Å². The average molecular weight is 383 g/mol. The summed E-state index contributed by atoms with van der Waals surface area (Å²) in [6.45, 7) is 20.9. The summed E-state index contributed by atoms with van der Waals surface area (Å²) < 4.78 is 0. The van der Waals surface area contributed by atoms with Crippen molar-refractivity contribution in [2.45, 2.75) is 105 Å². The lowest BCUT2D eigenvalue weighted by Gasteiger charge is -2.61. The van der Waals surface area contributed by atoms with E-state index in [2.05, 4.69) is 53.9 Å². The molecule has 0 nitrogen and oxygen atoms in total. The molecule has 0 saturated heterocycles. The first-order valence-corrected chi connectivity index (χ1v) is 12.2. The Morgan fingerprint density at radius 2 is 1.93 bits per heavy atom. The standard InChI is InChI=1S/C28H46/c1-8-27(6)19-22(5)26-24(25(27)13-11-9-10-12-20(2)3)15-14-23-18-21(4)16-17-28(23,26)7/h18,22,24-26H,2,4,8-17,19H2,1,3,5-7H3. The molecule has 2 fully saturated rings. The second kappa shape index (κ2) is 8.53. The van der Waals surface area contributed by atoms with E-state index in [-0.39, 0.29) is 0 Å². The van der Waals surface area contributed by atoms with Gasteiger partial charge in [-0.25, -0.2) is 0 Å². The van der Waals surface area contributed by atoms with Crippen LogP contribution in [0.2, 0.25) is 0 Å². The molecule has 0 radical (unpaired) electrons. The number of unbranched alkanes of at least 4 members (excludes halogenated alkanes) is 2. The van der Waals surface area contributed by atoms with Gasteiger partial charge in [-0.05, 0) is 92.8 Å². The number of hydrogen-bond donors (Lipinski definition) is 0. The second-order valence-corrected chi connectivity index (χ2v) is 11.3. The number of fused-ring (bicyclic) bond motifs is 3. The Morgan fingerprint density at radius 1 is 1.18 bits per heavy atom. The van der Waals surface area contributed by atoms with Crippen LogP contribution < -0.4 is 0 Å². The van der Waals surface area contributed by atoms with Crippen LogP contribution in [-0.4, -0.2) is 0 Å². The highest BCUT2D eigenvalue weighted by molar-refractivity contribution is 5.33. The normalized spacial score (nSPS) is 40.5.